The molecule has 23 heavy (non-hydrogen) atoms. The van der Waals surface area contributed by atoms with Crippen LogP contribution < -0.4 is 4.72 Å². The zero-order valence-corrected chi connectivity index (χ0v) is 14.3. The molecule has 1 fully saturated rings. The SMILES string of the molecule is COC(CS(=O)(=O)NC1CCCC(c2ccc(F)cc2)C1)OC. The summed E-state index contributed by atoms with van der Waals surface area (Å²) >= 11 is 0. The average molecular weight is 345 g/mol. The van der Waals surface area contributed by atoms with Crippen LogP contribution in [0.5, 0.6) is 0 Å². The van der Waals surface area contributed by atoms with E-state index in [9.17, 15) is 12.8 Å². The van der Waals surface area contributed by atoms with Gasteiger partial charge in [0, 0.05) is 20.3 Å². The van der Waals surface area contributed by atoms with E-state index in [-0.39, 0.29) is 23.5 Å². The monoisotopic (exact) mass is 345 g/mol. The van der Waals surface area contributed by atoms with E-state index < -0.39 is 16.3 Å². The minimum absolute atomic E-state index is 0.113. The second-order valence-corrected chi connectivity index (χ2v) is 7.71. The van der Waals surface area contributed by atoms with E-state index in [1.807, 2.05) is 0 Å². The molecule has 1 saturated carbocycles. The quantitative estimate of drug-likeness (QED) is 0.771. The Morgan fingerprint density at radius 1 is 1.22 bits per heavy atom. The van der Waals surface area contributed by atoms with Crippen molar-refractivity contribution in [1.82, 2.24) is 4.72 Å². The van der Waals surface area contributed by atoms with Crippen molar-refractivity contribution < 1.29 is 22.3 Å². The fourth-order valence-electron chi connectivity index (χ4n) is 3.05. The van der Waals surface area contributed by atoms with Crippen molar-refractivity contribution in [2.45, 2.75) is 43.9 Å². The van der Waals surface area contributed by atoms with Gasteiger partial charge in [0.25, 0.3) is 0 Å². The highest BCUT2D eigenvalue weighted by molar-refractivity contribution is 7.89. The van der Waals surface area contributed by atoms with E-state index >= 15 is 0 Å². The van der Waals surface area contributed by atoms with E-state index in [2.05, 4.69) is 4.72 Å². The molecule has 0 radical (unpaired) electrons. The Labute approximate surface area is 137 Å². The number of nitrogens with one attached hydrogen (secondary N) is 1. The van der Waals surface area contributed by atoms with E-state index in [1.54, 1.807) is 12.1 Å². The summed E-state index contributed by atoms with van der Waals surface area (Å²) in [6.45, 7) is 0. The maximum atomic E-state index is 13.0. The van der Waals surface area contributed by atoms with Crippen LogP contribution in [0.1, 0.15) is 37.2 Å². The predicted molar refractivity (Wildman–Crippen MR) is 86.1 cm³/mol. The van der Waals surface area contributed by atoms with Crippen molar-refractivity contribution in [3.05, 3.63) is 35.6 Å². The Bertz CT molecular complexity index is 587. The number of hydrogen-bond donors (Lipinski definition) is 1. The number of halogens is 1. The van der Waals surface area contributed by atoms with Crippen LogP contribution in [0.4, 0.5) is 4.39 Å². The van der Waals surface area contributed by atoms with Crippen molar-refractivity contribution in [3.8, 4) is 0 Å². The molecule has 130 valence electrons. The normalized spacial score (nSPS) is 22.4. The zero-order chi connectivity index (χ0) is 16.9. The highest BCUT2D eigenvalue weighted by Crippen LogP contribution is 2.33. The van der Waals surface area contributed by atoms with E-state index in [4.69, 9.17) is 9.47 Å². The van der Waals surface area contributed by atoms with Crippen LogP contribution in [-0.4, -0.2) is 40.7 Å². The summed E-state index contributed by atoms with van der Waals surface area (Å²) in [7, 11) is -0.654. The fourth-order valence-corrected chi connectivity index (χ4v) is 4.50. The van der Waals surface area contributed by atoms with Crippen molar-refractivity contribution in [3.63, 3.8) is 0 Å². The smallest absolute Gasteiger partial charge is 0.216 e. The average Bonchev–Trinajstić information content (AvgIpc) is 2.53. The van der Waals surface area contributed by atoms with Crippen LogP contribution in [0.2, 0.25) is 0 Å². The molecule has 1 aliphatic carbocycles. The molecule has 1 aromatic carbocycles. The number of methoxy groups -OCH3 is 2. The van der Waals surface area contributed by atoms with Crippen LogP contribution in [0.3, 0.4) is 0 Å². The van der Waals surface area contributed by atoms with Crippen molar-refractivity contribution >= 4 is 10.0 Å². The minimum Gasteiger partial charge on any atom is -0.355 e. The van der Waals surface area contributed by atoms with Gasteiger partial charge in [-0.3, -0.25) is 0 Å². The summed E-state index contributed by atoms with van der Waals surface area (Å²) in [6, 6.07) is 6.35. The van der Waals surface area contributed by atoms with Gasteiger partial charge >= 0.3 is 0 Å². The molecule has 2 atom stereocenters. The van der Waals surface area contributed by atoms with Gasteiger partial charge in [0.1, 0.15) is 11.6 Å². The number of rotatable bonds is 7. The molecule has 2 unspecified atom stereocenters. The molecule has 2 rings (SSSR count). The van der Waals surface area contributed by atoms with Crippen molar-refractivity contribution in [2.24, 2.45) is 0 Å². The minimum atomic E-state index is -3.48. The number of hydrogen-bond acceptors (Lipinski definition) is 4. The summed E-state index contributed by atoms with van der Waals surface area (Å²) in [5.41, 5.74) is 1.06. The van der Waals surface area contributed by atoms with Gasteiger partial charge in [-0.25, -0.2) is 17.5 Å². The fraction of sp³-hybridized carbons (Fsp3) is 0.625. The van der Waals surface area contributed by atoms with Gasteiger partial charge in [-0.1, -0.05) is 18.6 Å². The zero-order valence-electron chi connectivity index (χ0n) is 13.5. The Morgan fingerprint density at radius 2 is 1.87 bits per heavy atom. The Balaban J connectivity index is 1.97. The third-order valence-corrected chi connectivity index (χ3v) is 5.65. The molecule has 5 nitrogen and oxygen atoms in total. The lowest BCUT2D eigenvalue weighted by molar-refractivity contribution is -0.0853. The molecule has 0 aromatic heterocycles. The maximum Gasteiger partial charge on any atom is 0.216 e. The largest absolute Gasteiger partial charge is 0.355 e. The first kappa shape index (κ1) is 18.3. The summed E-state index contributed by atoms with van der Waals surface area (Å²) in [4.78, 5) is 0. The number of sulfonamides is 1. The van der Waals surface area contributed by atoms with Gasteiger partial charge < -0.3 is 9.47 Å². The van der Waals surface area contributed by atoms with Gasteiger partial charge in [0.2, 0.25) is 10.0 Å². The van der Waals surface area contributed by atoms with Gasteiger partial charge in [-0.05, 0) is 42.9 Å². The Hall–Kier alpha value is -1.02. The lowest BCUT2D eigenvalue weighted by atomic mass is 9.82. The molecule has 0 aliphatic heterocycles. The molecular formula is C16H24FNO4S. The van der Waals surface area contributed by atoms with E-state index in [0.717, 1.165) is 31.2 Å². The van der Waals surface area contributed by atoms with Crippen LogP contribution in [0.25, 0.3) is 0 Å². The second kappa shape index (κ2) is 8.19. The molecular weight excluding hydrogens is 321 g/mol. The van der Waals surface area contributed by atoms with Crippen molar-refractivity contribution in [2.75, 3.05) is 20.0 Å². The van der Waals surface area contributed by atoms with Crippen LogP contribution in [-0.2, 0) is 19.5 Å². The second-order valence-electron chi connectivity index (χ2n) is 5.91. The number of benzene rings is 1. The lowest BCUT2D eigenvalue weighted by Gasteiger charge is -2.30. The molecule has 0 spiro atoms. The first-order chi connectivity index (χ1) is 10.9. The van der Waals surface area contributed by atoms with Crippen LogP contribution in [0, 0.1) is 5.82 Å². The van der Waals surface area contributed by atoms with Crippen molar-refractivity contribution in [1.29, 1.82) is 0 Å². The molecule has 0 amide bonds. The molecule has 1 aromatic rings. The van der Waals surface area contributed by atoms with Gasteiger partial charge in [-0.15, -0.1) is 0 Å². The maximum absolute atomic E-state index is 13.0. The van der Waals surface area contributed by atoms with Crippen LogP contribution in [0.15, 0.2) is 24.3 Å². The van der Waals surface area contributed by atoms with Gasteiger partial charge in [-0.2, -0.15) is 0 Å². The molecule has 0 saturated heterocycles. The standard InChI is InChI=1S/C16H24FNO4S/c1-21-16(22-2)11-23(19,20)18-15-5-3-4-13(10-15)12-6-8-14(17)9-7-12/h6-9,13,15-16,18H,3-5,10-11H2,1-2H3. The van der Waals surface area contributed by atoms with E-state index in [1.165, 1.54) is 26.4 Å². The first-order valence-corrected chi connectivity index (χ1v) is 9.40. The predicted octanol–water partition coefficient (Wildman–Crippen LogP) is 2.39. The Kier molecular flexibility index (Phi) is 6.52. The number of ether oxygens (including phenoxy) is 2. The molecule has 1 aliphatic rings. The molecule has 0 heterocycles. The lowest BCUT2D eigenvalue weighted by Crippen LogP contribution is -2.42. The van der Waals surface area contributed by atoms with Crippen LogP contribution >= 0.6 is 0 Å². The molecule has 7 heteroatoms. The third-order valence-electron chi connectivity index (χ3n) is 4.24. The summed E-state index contributed by atoms with van der Waals surface area (Å²) < 4.78 is 50.1. The molecule has 1 N–H and O–H groups in total. The molecule has 0 bridgehead atoms. The highest BCUT2D eigenvalue weighted by Gasteiger charge is 2.28. The van der Waals surface area contributed by atoms with Gasteiger partial charge in [0.05, 0.1) is 0 Å². The highest BCUT2D eigenvalue weighted by atomic mass is 32.2. The first-order valence-electron chi connectivity index (χ1n) is 7.74. The summed E-state index contributed by atoms with van der Waals surface area (Å²) in [6.07, 6.45) is 2.68. The van der Waals surface area contributed by atoms with E-state index in [0.29, 0.717) is 0 Å². The van der Waals surface area contributed by atoms with Gasteiger partial charge in [0.15, 0.2) is 6.29 Å². The summed E-state index contributed by atoms with van der Waals surface area (Å²) in [5.74, 6) is -0.234. The Morgan fingerprint density at radius 3 is 2.48 bits per heavy atom. The topological polar surface area (TPSA) is 64.6 Å². The third kappa shape index (κ3) is 5.53. The summed E-state index contributed by atoms with van der Waals surface area (Å²) in [5, 5.41) is 0.